The Hall–Kier alpha value is -2.73. The van der Waals surface area contributed by atoms with Crippen molar-refractivity contribution >= 4 is 28.4 Å². The second kappa shape index (κ2) is 10.3. The number of nitrogens with two attached hydrogens (primary N) is 1. The molecule has 0 aliphatic rings. The first-order valence-electron chi connectivity index (χ1n) is 10.4. The van der Waals surface area contributed by atoms with Crippen molar-refractivity contribution in [3.05, 3.63) is 48.0 Å². The molecular formula is C24H33N3O3. The van der Waals surface area contributed by atoms with Crippen LogP contribution in [0.15, 0.2) is 42.5 Å². The molecule has 4 N–H and O–H groups in total. The largest absolute Gasteiger partial charge is 0.352 e. The van der Waals surface area contributed by atoms with Crippen LogP contribution in [0.3, 0.4) is 0 Å². The third kappa shape index (κ3) is 7.59. The Morgan fingerprint density at radius 1 is 0.967 bits per heavy atom. The van der Waals surface area contributed by atoms with Crippen LogP contribution in [0.1, 0.15) is 52.5 Å². The van der Waals surface area contributed by atoms with Crippen molar-refractivity contribution in [1.82, 2.24) is 10.6 Å². The highest BCUT2D eigenvalue weighted by Gasteiger charge is 2.21. The maximum Gasteiger partial charge on any atom is 0.223 e. The number of benzene rings is 2. The molecule has 2 rings (SSSR count). The van der Waals surface area contributed by atoms with E-state index in [0.717, 1.165) is 16.3 Å². The SMILES string of the molecule is C[C@H](CC(=O)C[C@@H](N)CC(=O)NC(C)(C)C)C(=O)NCc1cccc2ccccc12. The van der Waals surface area contributed by atoms with Crippen LogP contribution in [0, 0.1) is 5.92 Å². The summed E-state index contributed by atoms with van der Waals surface area (Å²) >= 11 is 0. The Kier molecular flexibility index (Phi) is 8.12. The number of carbonyl (C=O) groups excluding carboxylic acids is 3. The maximum atomic E-state index is 12.4. The number of carbonyl (C=O) groups is 3. The molecule has 2 amide bonds. The Morgan fingerprint density at radius 3 is 2.33 bits per heavy atom. The van der Waals surface area contributed by atoms with Crippen LogP contribution in [-0.2, 0) is 20.9 Å². The number of hydrogen-bond acceptors (Lipinski definition) is 4. The van der Waals surface area contributed by atoms with Crippen LogP contribution in [-0.4, -0.2) is 29.2 Å². The molecule has 0 fully saturated rings. The van der Waals surface area contributed by atoms with Gasteiger partial charge in [0.15, 0.2) is 0 Å². The van der Waals surface area contributed by atoms with E-state index in [1.54, 1.807) is 6.92 Å². The molecular weight excluding hydrogens is 378 g/mol. The van der Waals surface area contributed by atoms with E-state index >= 15 is 0 Å². The van der Waals surface area contributed by atoms with Crippen molar-refractivity contribution in [1.29, 1.82) is 0 Å². The van der Waals surface area contributed by atoms with Gasteiger partial charge >= 0.3 is 0 Å². The van der Waals surface area contributed by atoms with E-state index < -0.39 is 12.0 Å². The fourth-order valence-electron chi connectivity index (χ4n) is 3.39. The van der Waals surface area contributed by atoms with Gasteiger partial charge in [-0.1, -0.05) is 49.4 Å². The minimum Gasteiger partial charge on any atom is -0.352 e. The summed E-state index contributed by atoms with van der Waals surface area (Å²) in [5.74, 6) is -0.916. The fraction of sp³-hybridized carbons (Fsp3) is 0.458. The molecule has 0 radical (unpaired) electrons. The molecule has 6 nitrogen and oxygen atoms in total. The van der Waals surface area contributed by atoms with Gasteiger partial charge in [0.05, 0.1) is 0 Å². The summed E-state index contributed by atoms with van der Waals surface area (Å²) in [6, 6.07) is 13.5. The van der Waals surface area contributed by atoms with Gasteiger partial charge in [-0.3, -0.25) is 14.4 Å². The summed E-state index contributed by atoms with van der Waals surface area (Å²) in [7, 11) is 0. The zero-order chi connectivity index (χ0) is 22.3. The standard InChI is InChI=1S/C24H33N3O3/c1-16(12-20(28)13-19(25)14-22(29)27-24(2,3)4)23(30)26-15-18-10-7-9-17-8-5-6-11-21(17)18/h5-11,16,19H,12-15,25H2,1-4H3,(H,26,30)(H,27,29)/t16-,19-/m1/s1. The number of hydrogen-bond donors (Lipinski definition) is 3. The van der Waals surface area contributed by atoms with Gasteiger partial charge < -0.3 is 16.4 Å². The predicted molar refractivity (Wildman–Crippen MR) is 120 cm³/mol. The number of amides is 2. The number of fused-ring (bicyclic) bond motifs is 1. The van der Waals surface area contributed by atoms with Gasteiger partial charge in [-0.15, -0.1) is 0 Å². The average Bonchev–Trinajstić information content (AvgIpc) is 2.63. The molecule has 0 saturated carbocycles. The van der Waals surface area contributed by atoms with Gasteiger partial charge in [-0.2, -0.15) is 0 Å². The van der Waals surface area contributed by atoms with Gasteiger partial charge in [0.2, 0.25) is 11.8 Å². The normalized spacial score (nSPS) is 13.5. The van der Waals surface area contributed by atoms with Crippen LogP contribution >= 0.6 is 0 Å². The lowest BCUT2D eigenvalue weighted by Crippen LogP contribution is -2.43. The Morgan fingerprint density at radius 2 is 1.63 bits per heavy atom. The maximum absolute atomic E-state index is 12.4. The first-order valence-corrected chi connectivity index (χ1v) is 10.4. The van der Waals surface area contributed by atoms with E-state index in [0.29, 0.717) is 6.54 Å². The minimum atomic E-state index is -0.550. The van der Waals surface area contributed by atoms with E-state index in [1.165, 1.54) is 0 Å². The van der Waals surface area contributed by atoms with Crippen LogP contribution in [0.5, 0.6) is 0 Å². The van der Waals surface area contributed by atoms with Gasteiger partial charge in [-0.25, -0.2) is 0 Å². The third-order valence-corrected chi connectivity index (χ3v) is 4.77. The van der Waals surface area contributed by atoms with E-state index in [-0.39, 0.29) is 42.4 Å². The zero-order valence-electron chi connectivity index (χ0n) is 18.3. The molecule has 0 bridgehead atoms. The Labute approximate surface area is 178 Å². The topological polar surface area (TPSA) is 101 Å². The Bertz CT molecular complexity index is 897. The monoisotopic (exact) mass is 411 g/mol. The predicted octanol–water partition coefficient (Wildman–Crippen LogP) is 3.07. The first-order chi connectivity index (χ1) is 14.0. The van der Waals surface area contributed by atoms with Crippen molar-refractivity contribution in [3.8, 4) is 0 Å². The third-order valence-electron chi connectivity index (χ3n) is 4.77. The summed E-state index contributed by atoms with van der Waals surface area (Å²) in [5, 5.41) is 7.98. The van der Waals surface area contributed by atoms with Crippen LogP contribution in [0.2, 0.25) is 0 Å². The summed E-state index contributed by atoms with van der Waals surface area (Å²) in [6.07, 6.45) is 0.277. The van der Waals surface area contributed by atoms with Gasteiger partial charge in [0.25, 0.3) is 0 Å². The average molecular weight is 412 g/mol. The number of rotatable bonds is 9. The van der Waals surface area contributed by atoms with Crippen molar-refractivity contribution < 1.29 is 14.4 Å². The molecule has 2 atom stereocenters. The fourth-order valence-corrected chi connectivity index (χ4v) is 3.39. The second-order valence-corrected chi connectivity index (χ2v) is 8.97. The smallest absolute Gasteiger partial charge is 0.223 e. The lowest BCUT2D eigenvalue weighted by atomic mass is 9.97. The lowest BCUT2D eigenvalue weighted by Gasteiger charge is -2.21. The lowest BCUT2D eigenvalue weighted by molar-refractivity contribution is -0.129. The minimum absolute atomic E-state index is 0.0819. The molecule has 0 heterocycles. The van der Waals surface area contributed by atoms with Crippen LogP contribution in [0.25, 0.3) is 10.8 Å². The summed E-state index contributed by atoms with van der Waals surface area (Å²) in [5.41, 5.74) is 6.65. The van der Waals surface area contributed by atoms with Crippen LogP contribution < -0.4 is 16.4 Å². The van der Waals surface area contributed by atoms with E-state index in [9.17, 15) is 14.4 Å². The highest BCUT2D eigenvalue weighted by molar-refractivity contribution is 5.88. The van der Waals surface area contributed by atoms with Crippen molar-refractivity contribution in [2.24, 2.45) is 11.7 Å². The molecule has 0 aromatic heterocycles. The summed E-state index contributed by atoms with van der Waals surface area (Å²) in [4.78, 5) is 36.7. The molecule has 0 saturated heterocycles. The number of ketones is 1. The van der Waals surface area contributed by atoms with Gasteiger partial charge in [0, 0.05) is 43.3 Å². The molecule has 0 aliphatic heterocycles. The molecule has 30 heavy (non-hydrogen) atoms. The number of nitrogens with one attached hydrogen (secondary N) is 2. The van der Waals surface area contributed by atoms with Gasteiger partial charge in [-0.05, 0) is 37.1 Å². The summed E-state index contributed by atoms with van der Waals surface area (Å²) in [6.45, 7) is 7.81. The molecule has 0 spiro atoms. The van der Waals surface area contributed by atoms with Gasteiger partial charge in [0.1, 0.15) is 5.78 Å². The molecule has 0 aliphatic carbocycles. The molecule has 6 heteroatoms. The highest BCUT2D eigenvalue weighted by atomic mass is 16.2. The molecule has 2 aromatic carbocycles. The van der Waals surface area contributed by atoms with E-state index in [4.69, 9.17) is 5.73 Å². The first kappa shape index (κ1) is 23.5. The zero-order valence-corrected chi connectivity index (χ0v) is 18.3. The van der Waals surface area contributed by atoms with Crippen molar-refractivity contribution in [3.63, 3.8) is 0 Å². The van der Waals surface area contributed by atoms with Crippen LogP contribution in [0.4, 0.5) is 0 Å². The Balaban J connectivity index is 1.80. The molecule has 2 aromatic rings. The molecule has 0 unspecified atom stereocenters. The number of Topliss-reactive ketones (excluding diaryl/α,β-unsaturated/α-hetero) is 1. The molecule has 162 valence electrons. The quantitative estimate of drug-likeness (QED) is 0.590. The highest BCUT2D eigenvalue weighted by Crippen LogP contribution is 2.18. The van der Waals surface area contributed by atoms with Crippen molar-refractivity contribution in [2.75, 3.05) is 0 Å². The second-order valence-electron chi connectivity index (χ2n) is 8.97. The van der Waals surface area contributed by atoms with Crippen molar-refractivity contribution in [2.45, 2.75) is 65.1 Å². The van der Waals surface area contributed by atoms with E-state index in [2.05, 4.69) is 10.6 Å². The summed E-state index contributed by atoms with van der Waals surface area (Å²) < 4.78 is 0. The van der Waals surface area contributed by atoms with E-state index in [1.807, 2.05) is 63.2 Å².